The fraction of sp³-hybridized carbons (Fsp3) is 0.333. The van der Waals surface area contributed by atoms with E-state index < -0.39 is 5.60 Å². The molecule has 0 aromatic heterocycles. The molecule has 0 amide bonds. The highest BCUT2D eigenvalue weighted by molar-refractivity contribution is 5.47. The zero-order valence-corrected chi connectivity index (χ0v) is 12.2. The van der Waals surface area contributed by atoms with Gasteiger partial charge in [0.25, 0.3) is 0 Å². The maximum Gasteiger partial charge on any atom is 0.164 e. The molecule has 1 aliphatic carbocycles. The number of benzene rings is 2. The van der Waals surface area contributed by atoms with Crippen molar-refractivity contribution >= 4 is 0 Å². The second-order valence-electron chi connectivity index (χ2n) is 5.62. The van der Waals surface area contributed by atoms with Crippen LogP contribution < -0.4 is 9.47 Å². The van der Waals surface area contributed by atoms with Crippen LogP contribution in [0.2, 0.25) is 0 Å². The molecule has 2 aromatic carbocycles. The molecule has 3 rings (SSSR count). The topological polar surface area (TPSA) is 38.7 Å². The van der Waals surface area contributed by atoms with E-state index in [-0.39, 0.29) is 0 Å². The SMILES string of the molecule is COc1c(CC2(O)CC2)cccc1OCc1ccccc1. The Balaban J connectivity index is 1.76. The fourth-order valence-electron chi connectivity index (χ4n) is 2.46. The van der Waals surface area contributed by atoms with Crippen LogP contribution in [0.15, 0.2) is 48.5 Å². The van der Waals surface area contributed by atoms with Gasteiger partial charge in [0.05, 0.1) is 12.7 Å². The summed E-state index contributed by atoms with van der Waals surface area (Å²) < 4.78 is 11.4. The van der Waals surface area contributed by atoms with Gasteiger partial charge in [-0.25, -0.2) is 0 Å². The third-order valence-corrected chi connectivity index (χ3v) is 3.85. The van der Waals surface area contributed by atoms with Gasteiger partial charge in [0, 0.05) is 12.0 Å². The van der Waals surface area contributed by atoms with Gasteiger partial charge in [0.1, 0.15) is 6.61 Å². The van der Waals surface area contributed by atoms with Crippen LogP contribution in [0.4, 0.5) is 0 Å². The minimum atomic E-state index is -0.536. The zero-order chi connectivity index (χ0) is 14.7. The van der Waals surface area contributed by atoms with Crippen LogP contribution >= 0.6 is 0 Å². The van der Waals surface area contributed by atoms with E-state index in [9.17, 15) is 5.11 Å². The Bertz CT molecular complexity index is 603. The molecular formula is C18H20O3. The lowest BCUT2D eigenvalue weighted by Crippen LogP contribution is -2.12. The molecule has 0 bridgehead atoms. The first-order valence-electron chi connectivity index (χ1n) is 7.25. The summed E-state index contributed by atoms with van der Waals surface area (Å²) in [5.41, 5.74) is 1.58. The number of methoxy groups -OCH3 is 1. The Morgan fingerprint density at radius 2 is 1.81 bits per heavy atom. The number of hydrogen-bond acceptors (Lipinski definition) is 3. The summed E-state index contributed by atoms with van der Waals surface area (Å²) in [6, 6.07) is 15.9. The maximum absolute atomic E-state index is 10.1. The molecular weight excluding hydrogens is 264 g/mol. The summed E-state index contributed by atoms with van der Waals surface area (Å²) in [5, 5.41) is 10.1. The Kier molecular flexibility index (Phi) is 3.84. The van der Waals surface area contributed by atoms with E-state index in [2.05, 4.69) is 0 Å². The van der Waals surface area contributed by atoms with Crippen LogP contribution in [0.3, 0.4) is 0 Å². The molecule has 0 heterocycles. The van der Waals surface area contributed by atoms with Gasteiger partial charge in [0.15, 0.2) is 11.5 Å². The quantitative estimate of drug-likeness (QED) is 0.884. The summed E-state index contributed by atoms with van der Waals surface area (Å²) >= 11 is 0. The molecule has 2 aromatic rings. The molecule has 1 N–H and O–H groups in total. The highest BCUT2D eigenvalue weighted by atomic mass is 16.5. The van der Waals surface area contributed by atoms with Crippen LogP contribution in [0.25, 0.3) is 0 Å². The summed E-state index contributed by atoms with van der Waals surface area (Å²) in [6.07, 6.45) is 2.36. The molecule has 3 nitrogen and oxygen atoms in total. The van der Waals surface area contributed by atoms with Gasteiger partial charge in [-0.05, 0) is 24.5 Å². The first-order chi connectivity index (χ1) is 10.2. The molecule has 0 spiro atoms. The average Bonchev–Trinajstić information content (AvgIpc) is 3.23. The minimum Gasteiger partial charge on any atom is -0.493 e. The van der Waals surface area contributed by atoms with Crippen molar-refractivity contribution in [3.05, 3.63) is 59.7 Å². The monoisotopic (exact) mass is 284 g/mol. The van der Waals surface area contributed by atoms with Gasteiger partial charge in [-0.2, -0.15) is 0 Å². The molecule has 1 fully saturated rings. The summed E-state index contributed by atoms with van der Waals surface area (Å²) in [4.78, 5) is 0. The number of rotatable bonds is 6. The third-order valence-electron chi connectivity index (χ3n) is 3.85. The maximum atomic E-state index is 10.1. The van der Waals surface area contributed by atoms with E-state index in [0.717, 1.165) is 35.5 Å². The van der Waals surface area contributed by atoms with E-state index in [1.165, 1.54) is 0 Å². The van der Waals surface area contributed by atoms with E-state index in [1.807, 2.05) is 48.5 Å². The Morgan fingerprint density at radius 3 is 2.48 bits per heavy atom. The van der Waals surface area contributed by atoms with E-state index in [0.29, 0.717) is 13.0 Å². The second kappa shape index (κ2) is 5.78. The molecule has 110 valence electrons. The zero-order valence-electron chi connectivity index (χ0n) is 12.2. The van der Waals surface area contributed by atoms with Gasteiger partial charge >= 0.3 is 0 Å². The third kappa shape index (κ3) is 3.37. The molecule has 21 heavy (non-hydrogen) atoms. The van der Waals surface area contributed by atoms with Crippen molar-refractivity contribution in [2.24, 2.45) is 0 Å². The molecule has 1 aliphatic rings. The standard InChI is InChI=1S/C18H20O3/c1-20-17-15(12-18(19)10-11-18)8-5-9-16(17)21-13-14-6-3-2-4-7-14/h2-9,19H,10-13H2,1H3. The highest BCUT2D eigenvalue weighted by Crippen LogP contribution is 2.42. The van der Waals surface area contributed by atoms with Crippen LogP contribution in [0, 0.1) is 0 Å². The number of ether oxygens (including phenoxy) is 2. The van der Waals surface area contributed by atoms with Crippen molar-refractivity contribution in [1.82, 2.24) is 0 Å². The molecule has 0 radical (unpaired) electrons. The molecule has 0 aliphatic heterocycles. The molecule has 0 atom stereocenters. The smallest absolute Gasteiger partial charge is 0.164 e. The summed E-state index contributed by atoms with van der Waals surface area (Å²) in [6.45, 7) is 0.505. The van der Waals surface area contributed by atoms with E-state index in [4.69, 9.17) is 9.47 Å². The van der Waals surface area contributed by atoms with Gasteiger partial charge in [-0.15, -0.1) is 0 Å². The predicted octanol–water partition coefficient (Wildman–Crippen LogP) is 3.34. The Morgan fingerprint density at radius 1 is 1.05 bits per heavy atom. The average molecular weight is 284 g/mol. The lowest BCUT2D eigenvalue weighted by Gasteiger charge is -2.16. The number of hydrogen-bond donors (Lipinski definition) is 1. The Labute approximate surface area is 125 Å². The lowest BCUT2D eigenvalue weighted by atomic mass is 10.0. The Hall–Kier alpha value is -2.00. The first-order valence-corrected chi connectivity index (χ1v) is 7.25. The van der Waals surface area contributed by atoms with Gasteiger partial charge in [-0.1, -0.05) is 42.5 Å². The number of para-hydroxylation sites is 1. The van der Waals surface area contributed by atoms with Crippen molar-refractivity contribution in [2.45, 2.75) is 31.5 Å². The fourth-order valence-corrected chi connectivity index (χ4v) is 2.46. The predicted molar refractivity (Wildman–Crippen MR) is 81.7 cm³/mol. The van der Waals surface area contributed by atoms with Gasteiger partial charge in [-0.3, -0.25) is 0 Å². The summed E-state index contributed by atoms with van der Waals surface area (Å²) in [7, 11) is 1.64. The van der Waals surface area contributed by atoms with E-state index >= 15 is 0 Å². The van der Waals surface area contributed by atoms with Crippen LogP contribution in [0.1, 0.15) is 24.0 Å². The van der Waals surface area contributed by atoms with Crippen molar-refractivity contribution in [3.63, 3.8) is 0 Å². The molecule has 0 saturated heterocycles. The van der Waals surface area contributed by atoms with E-state index in [1.54, 1.807) is 7.11 Å². The summed E-state index contributed by atoms with van der Waals surface area (Å²) in [5.74, 6) is 1.46. The van der Waals surface area contributed by atoms with Crippen molar-refractivity contribution < 1.29 is 14.6 Å². The van der Waals surface area contributed by atoms with Gasteiger partial charge in [0.2, 0.25) is 0 Å². The van der Waals surface area contributed by atoms with Crippen molar-refractivity contribution in [3.8, 4) is 11.5 Å². The number of aliphatic hydroxyl groups is 1. The van der Waals surface area contributed by atoms with Crippen molar-refractivity contribution in [1.29, 1.82) is 0 Å². The normalized spacial score (nSPS) is 15.5. The minimum absolute atomic E-state index is 0.505. The van der Waals surface area contributed by atoms with Crippen LogP contribution in [0.5, 0.6) is 11.5 Å². The van der Waals surface area contributed by atoms with Crippen LogP contribution in [-0.2, 0) is 13.0 Å². The first kappa shape index (κ1) is 14.0. The van der Waals surface area contributed by atoms with Crippen LogP contribution in [-0.4, -0.2) is 17.8 Å². The molecule has 1 saturated carbocycles. The van der Waals surface area contributed by atoms with Gasteiger partial charge < -0.3 is 14.6 Å². The molecule has 3 heteroatoms. The second-order valence-corrected chi connectivity index (χ2v) is 5.62. The molecule has 0 unspecified atom stereocenters. The highest BCUT2D eigenvalue weighted by Gasteiger charge is 2.41. The lowest BCUT2D eigenvalue weighted by molar-refractivity contribution is 0.149. The largest absolute Gasteiger partial charge is 0.493 e. The van der Waals surface area contributed by atoms with Crippen molar-refractivity contribution in [2.75, 3.05) is 7.11 Å².